The van der Waals surface area contributed by atoms with Crippen LogP contribution in [0.3, 0.4) is 0 Å². The number of halogens is 5. The Labute approximate surface area is 280 Å². The van der Waals surface area contributed by atoms with Gasteiger partial charge in [-0.15, -0.1) is 0 Å². The van der Waals surface area contributed by atoms with E-state index in [1.165, 1.54) is 47.6 Å². The van der Waals surface area contributed by atoms with Gasteiger partial charge in [0.2, 0.25) is 11.9 Å². The predicted molar refractivity (Wildman–Crippen MR) is 181 cm³/mol. The second-order valence-electron chi connectivity index (χ2n) is 8.02. The smallest absolute Gasteiger partial charge is 0.286 e. The molecule has 14 heteroatoms. The van der Waals surface area contributed by atoms with Gasteiger partial charge in [0.1, 0.15) is 0 Å². The highest BCUT2D eigenvalue weighted by Gasteiger charge is 2.36. The summed E-state index contributed by atoms with van der Waals surface area (Å²) in [5, 5.41) is 5.58. The van der Waals surface area contributed by atoms with Crippen LogP contribution in [0.4, 0.5) is 0 Å². The molecular weight excluding hydrogens is 700 g/mol. The van der Waals surface area contributed by atoms with Crippen molar-refractivity contribution < 1.29 is 0 Å². The van der Waals surface area contributed by atoms with E-state index in [0.717, 1.165) is 19.6 Å². The van der Waals surface area contributed by atoms with Crippen molar-refractivity contribution in [3.05, 3.63) is 117 Å². The molecule has 1 unspecified atom stereocenters. The van der Waals surface area contributed by atoms with Gasteiger partial charge in [-0.05, 0) is 60.5 Å². The normalized spacial score (nSPS) is 16.4. The van der Waals surface area contributed by atoms with Crippen LogP contribution >= 0.6 is 106 Å². The van der Waals surface area contributed by atoms with Crippen molar-refractivity contribution in [3.8, 4) is 0 Å². The lowest BCUT2D eigenvalue weighted by Crippen LogP contribution is -2.48. The maximum Gasteiger partial charge on any atom is 0.286 e. The average molecular weight is 718 g/mol. The quantitative estimate of drug-likeness (QED) is 0.107. The van der Waals surface area contributed by atoms with E-state index in [1.807, 2.05) is 94.7 Å². The number of hydrogen-bond acceptors (Lipinski definition) is 9. The third-order valence-electron chi connectivity index (χ3n) is 5.10. The van der Waals surface area contributed by atoms with Gasteiger partial charge >= 0.3 is 0 Å². The third-order valence-corrected chi connectivity index (χ3v) is 11.4. The number of thioether (sulfide) groups is 1. The number of rotatable bonds is 8. The molecule has 0 saturated carbocycles. The highest BCUT2D eigenvalue weighted by molar-refractivity contribution is 8.13. The van der Waals surface area contributed by atoms with Crippen molar-refractivity contribution in [2.45, 2.75) is 24.0 Å². The molecule has 1 heterocycles. The Morgan fingerprint density at radius 2 is 1.05 bits per heavy atom. The van der Waals surface area contributed by atoms with Gasteiger partial charge in [0.05, 0.1) is 20.1 Å². The highest BCUT2D eigenvalue weighted by Crippen LogP contribution is 2.45. The number of guanidine groups is 2. The lowest BCUT2D eigenvalue weighted by atomic mass is 10.4. The molecule has 0 bridgehead atoms. The summed E-state index contributed by atoms with van der Waals surface area (Å²) in [4.78, 5) is 12.7. The lowest BCUT2D eigenvalue weighted by Gasteiger charge is -2.31. The van der Waals surface area contributed by atoms with E-state index in [-0.39, 0.29) is 0 Å². The van der Waals surface area contributed by atoms with Crippen molar-refractivity contribution in [1.29, 1.82) is 0 Å². The maximum atomic E-state index is 7.11. The van der Waals surface area contributed by atoms with Crippen LogP contribution in [0.2, 0.25) is 20.1 Å². The molecule has 0 radical (unpaired) electrons. The van der Waals surface area contributed by atoms with Crippen molar-refractivity contribution in [3.63, 3.8) is 0 Å². The Kier molecular flexibility index (Phi) is 10.8. The summed E-state index contributed by atoms with van der Waals surface area (Å²) in [7, 11) is 0. The molecule has 5 rings (SSSR count). The van der Waals surface area contributed by atoms with E-state index in [2.05, 4.69) is 10.0 Å². The summed E-state index contributed by atoms with van der Waals surface area (Å²) in [6.45, 7) is 0. The molecule has 2 N–H and O–H groups in total. The first-order valence-corrected chi connectivity index (χ1v) is 16.8. The largest absolute Gasteiger partial charge is 0.296 e. The van der Waals surface area contributed by atoms with Crippen molar-refractivity contribution >= 4 is 118 Å². The van der Waals surface area contributed by atoms with E-state index < -0.39 is 4.45 Å². The standard InChI is InChI=1S/C27H18Cl5N5S4/c28-17-9-1-5-13-21(17)38-27(32)34-25(36-39-22-14-6-2-10-18(22)29)33-26(35-27)37(40-23-15-7-3-11-19(23)30)41-24-16-8-4-12-20(24)31/h1-16H,(H2,33,34,35,36). The van der Waals surface area contributed by atoms with Crippen LogP contribution in [0.1, 0.15) is 0 Å². The average Bonchev–Trinajstić information content (AvgIpc) is 2.95. The van der Waals surface area contributed by atoms with Crippen molar-refractivity contribution in [2.75, 3.05) is 0 Å². The first kappa shape index (κ1) is 30.9. The second-order valence-corrected chi connectivity index (χ2v) is 14.7. The fraction of sp³-hybridized carbons (Fsp3) is 0.0370. The monoisotopic (exact) mass is 715 g/mol. The summed E-state index contributed by atoms with van der Waals surface area (Å²) in [5.74, 6) is 0.755. The minimum absolute atomic E-state index is 0.360. The molecule has 0 spiro atoms. The molecule has 4 aromatic carbocycles. The van der Waals surface area contributed by atoms with Gasteiger partial charge in [0.15, 0.2) is 0 Å². The maximum absolute atomic E-state index is 7.11. The Morgan fingerprint density at radius 1 is 0.610 bits per heavy atom. The van der Waals surface area contributed by atoms with Crippen LogP contribution in [0.15, 0.2) is 127 Å². The molecule has 0 aliphatic carbocycles. The molecular formula is C27H18Cl5N5S4. The van der Waals surface area contributed by atoms with Crippen LogP contribution < -0.4 is 10.0 Å². The minimum atomic E-state index is -1.50. The number of nitrogens with one attached hydrogen (secondary N) is 2. The van der Waals surface area contributed by atoms with Crippen molar-refractivity contribution in [1.82, 2.24) is 13.7 Å². The van der Waals surface area contributed by atoms with Gasteiger partial charge in [-0.25, -0.2) is 3.71 Å². The second kappa shape index (κ2) is 14.3. The molecule has 41 heavy (non-hydrogen) atoms. The Bertz CT molecular complexity index is 1560. The van der Waals surface area contributed by atoms with Crippen LogP contribution in [-0.4, -0.2) is 20.1 Å². The topological polar surface area (TPSA) is 52.0 Å². The number of nitrogens with zero attached hydrogens (tertiary/aromatic N) is 3. The van der Waals surface area contributed by atoms with Gasteiger partial charge in [0.25, 0.3) is 4.45 Å². The predicted octanol–water partition coefficient (Wildman–Crippen LogP) is 10.6. The zero-order chi connectivity index (χ0) is 28.8. The molecule has 210 valence electrons. The molecule has 1 atom stereocenters. The Hall–Kier alpha value is -1.53. The van der Waals surface area contributed by atoms with Crippen LogP contribution in [0, 0.1) is 0 Å². The zero-order valence-corrected chi connectivity index (χ0v) is 27.6. The molecule has 5 nitrogen and oxygen atoms in total. The molecule has 0 saturated heterocycles. The summed E-state index contributed by atoms with van der Waals surface area (Å²) in [5.41, 5.74) is 0. The molecule has 1 aliphatic rings. The van der Waals surface area contributed by atoms with E-state index in [0.29, 0.717) is 32.0 Å². The van der Waals surface area contributed by atoms with Crippen molar-refractivity contribution in [2.24, 2.45) is 9.98 Å². The van der Waals surface area contributed by atoms with Gasteiger partial charge in [0, 0.05) is 43.5 Å². The fourth-order valence-electron chi connectivity index (χ4n) is 3.26. The van der Waals surface area contributed by atoms with Gasteiger partial charge in [-0.1, -0.05) is 118 Å². The first-order chi connectivity index (χ1) is 19.8. The zero-order valence-electron chi connectivity index (χ0n) is 20.6. The summed E-state index contributed by atoms with van der Waals surface area (Å²) < 4.78 is 3.58. The Balaban J connectivity index is 1.52. The minimum Gasteiger partial charge on any atom is -0.296 e. The number of hydrogen-bond donors (Lipinski definition) is 2. The molecule has 1 aliphatic heterocycles. The highest BCUT2D eigenvalue weighted by atomic mass is 35.5. The third kappa shape index (κ3) is 8.31. The van der Waals surface area contributed by atoms with Gasteiger partial charge < -0.3 is 0 Å². The lowest BCUT2D eigenvalue weighted by molar-refractivity contribution is 0.816. The van der Waals surface area contributed by atoms with Gasteiger partial charge in [-0.2, -0.15) is 9.98 Å². The Morgan fingerprint density at radius 3 is 1.54 bits per heavy atom. The van der Waals surface area contributed by atoms with E-state index in [1.54, 1.807) is 6.07 Å². The number of benzene rings is 4. The van der Waals surface area contributed by atoms with Crippen LogP contribution in [0.25, 0.3) is 0 Å². The summed E-state index contributed by atoms with van der Waals surface area (Å²) >= 11 is 38.3. The summed E-state index contributed by atoms with van der Waals surface area (Å²) in [6.07, 6.45) is 0. The molecule has 0 aromatic heterocycles. The molecule has 0 fully saturated rings. The molecule has 0 amide bonds. The van der Waals surface area contributed by atoms with E-state index in [4.69, 9.17) is 68.0 Å². The summed E-state index contributed by atoms with van der Waals surface area (Å²) in [6, 6.07) is 29.9. The first-order valence-electron chi connectivity index (χ1n) is 11.7. The number of alkyl halides is 1. The SMILES string of the molecule is Clc1ccccc1SNC1=NC(Cl)(Sc2ccccc2Cl)N=C(N(Sc2ccccc2Cl)Sc2ccccc2Cl)N1. The fourth-order valence-corrected chi connectivity index (χ4v) is 8.05. The van der Waals surface area contributed by atoms with Crippen LogP contribution in [0.5, 0.6) is 0 Å². The molecule has 4 aromatic rings. The number of aliphatic imine (C=N–C) groups is 2. The van der Waals surface area contributed by atoms with E-state index in [9.17, 15) is 0 Å². The van der Waals surface area contributed by atoms with Gasteiger partial charge in [-0.3, -0.25) is 10.0 Å². The van der Waals surface area contributed by atoms with Crippen LogP contribution in [-0.2, 0) is 0 Å². The van der Waals surface area contributed by atoms with E-state index >= 15 is 0 Å².